The topological polar surface area (TPSA) is 202 Å². The number of aliphatic hydroxyl groups is 6. The van der Waals surface area contributed by atoms with Crippen LogP contribution in [0.4, 0.5) is 0 Å². The van der Waals surface area contributed by atoms with Gasteiger partial charge >= 0.3 is 11.9 Å². The summed E-state index contributed by atoms with van der Waals surface area (Å²) in [6.45, 7) is 3.08. The Kier molecular flexibility index (Phi) is 7.94. The fourth-order valence-corrected chi connectivity index (χ4v) is 6.90. The van der Waals surface area contributed by atoms with Crippen molar-refractivity contribution in [2.45, 2.75) is 82.5 Å². The Balaban J connectivity index is 1.29. The second-order valence-electron chi connectivity index (χ2n) is 11.3. The van der Waals surface area contributed by atoms with Crippen molar-refractivity contribution in [2.24, 2.45) is 35.5 Å². The van der Waals surface area contributed by atoms with Crippen molar-refractivity contribution < 1.29 is 63.9 Å². The van der Waals surface area contributed by atoms with Crippen LogP contribution in [0, 0.1) is 35.5 Å². The van der Waals surface area contributed by atoms with E-state index in [4.69, 9.17) is 23.7 Å². The van der Waals surface area contributed by atoms with Gasteiger partial charge in [-0.05, 0) is 25.2 Å². The van der Waals surface area contributed by atoms with Crippen LogP contribution in [-0.2, 0) is 33.3 Å². The number of aliphatic hydroxyl groups excluding tert-OH is 6. The van der Waals surface area contributed by atoms with Gasteiger partial charge in [-0.2, -0.15) is 0 Å². The number of hydrogen-bond acceptors (Lipinski definition) is 13. The molecule has 2 aliphatic carbocycles. The van der Waals surface area contributed by atoms with Gasteiger partial charge in [-0.1, -0.05) is 13.8 Å². The Labute approximate surface area is 224 Å². The van der Waals surface area contributed by atoms with Gasteiger partial charge in [0, 0.05) is 29.6 Å². The lowest BCUT2D eigenvalue weighted by Gasteiger charge is -2.40. The molecule has 3 heterocycles. The van der Waals surface area contributed by atoms with Crippen LogP contribution in [0.15, 0.2) is 23.7 Å². The summed E-state index contributed by atoms with van der Waals surface area (Å²) in [5, 5.41) is 60.3. The van der Waals surface area contributed by atoms with Crippen molar-refractivity contribution >= 4 is 11.9 Å². The number of ether oxygens (including phenoxy) is 5. The third kappa shape index (κ3) is 4.94. The third-order valence-electron chi connectivity index (χ3n) is 9.14. The fraction of sp³-hybridized carbons (Fsp3) is 0.769. The molecule has 0 spiro atoms. The van der Waals surface area contributed by atoms with Gasteiger partial charge in [0.15, 0.2) is 25.0 Å². The molecular weight excluding hydrogens is 520 g/mol. The number of carbonyl (C=O) groups is 2. The van der Waals surface area contributed by atoms with Crippen LogP contribution in [0.5, 0.6) is 0 Å². The van der Waals surface area contributed by atoms with Gasteiger partial charge in [0.25, 0.3) is 0 Å². The zero-order valence-electron chi connectivity index (χ0n) is 21.6. The lowest BCUT2D eigenvalue weighted by molar-refractivity contribution is -0.289. The molecule has 0 radical (unpaired) electrons. The number of carbonyl (C=O) groups excluding carboxylic acids is 2. The summed E-state index contributed by atoms with van der Waals surface area (Å²) in [6, 6.07) is 0. The highest BCUT2D eigenvalue weighted by atomic mass is 16.7. The molecule has 5 rings (SSSR count). The van der Waals surface area contributed by atoms with E-state index in [1.54, 1.807) is 6.92 Å². The van der Waals surface area contributed by atoms with E-state index in [0.717, 1.165) is 19.1 Å². The highest BCUT2D eigenvalue weighted by molar-refractivity contribution is 5.90. The molecule has 0 aromatic rings. The normalized spacial score (nSPS) is 47.1. The molecule has 0 bridgehead atoms. The quantitative estimate of drug-likeness (QED) is 0.217. The van der Waals surface area contributed by atoms with Crippen molar-refractivity contribution in [1.29, 1.82) is 0 Å². The Hall–Kier alpha value is -2.26. The van der Waals surface area contributed by atoms with E-state index in [1.807, 2.05) is 6.92 Å². The minimum Gasteiger partial charge on any atom is -0.472 e. The maximum Gasteiger partial charge on any atom is 0.337 e. The number of rotatable bonds is 5. The number of fused-ring (bicyclic) bond motifs is 2. The van der Waals surface area contributed by atoms with Gasteiger partial charge in [-0.15, -0.1) is 0 Å². The summed E-state index contributed by atoms with van der Waals surface area (Å²) in [4.78, 5) is 26.4. The van der Waals surface area contributed by atoms with E-state index in [-0.39, 0.29) is 29.7 Å². The van der Waals surface area contributed by atoms with Gasteiger partial charge in [0.2, 0.25) is 0 Å². The molecule has 0 unspecified atom stereocenters. The van der Waals surface area contributed by atoms with Crippen LogP contribution < -0.4 is 0 Å². The Morgan fingerprint density at radius 2 is 1.46 bits per heavy atom. The largest absolute Gasteiger partial charge is 0.472 e. The Morgan fingerprint density at radius 3 is 2.13 bits per heavy atom. The first-order chi connectivity index (χ1) is 18.5. The molecule has 1 saturated heterocycles. The minimum absolute atomic E-state index is 0.0215. The molecule has 0 aromatic heterocycles. The van der Waals surface area contributed by atoms with Crippen molar-refractivity contribution in [3.05, 3.63) is 23.7 Å². The van der Waals surface area contributed by atoms with Crippen LogP contribution in [0.1, 0.15) is 33.1 Å². The van der Waals surface area contributed by atoms with E-state index < -0.39 is 85.7 Å². The van der Waals surface area contributed by atoms with Gasteiger partial charge in [0.05, 0.1) is 30.3 Å². The second-order valence-corrected chi connectivity index (χ2v) is 11.3. The van der Waals surface area contributed by atoms with E-state index in [2.05, 4.69) is 0 Å². The zero-order chi connectivity index (χ0) is 28.2. The Bertz CT molecular complexity index is 1010. The predicted octanol–water partition coefficient (Wildman–Crippen LogP) is -1.36. The van der Waals surface area contributed by atoms with Crippen molar-refractivity contribution in [3.8, 4) is 0 Å². The molecule has 13 heteroatoms. The van der Waals surface area contributed by atoms with Crippen molar-refractivity contribution in [1.82, 2.24) is 0 Å². The smallest absolute Gasteiger partial charge is 0.337 e. The third-order valence-corrected chi connectivity index (χ3v) is 9.14. The maximum absolute atomic E-state index is 13.2. The molecule has 218 valence electrons. The van der Waals surface area contributed by atoms with E-state index in [0.29, 0.717) is 5.57 Å². The highest BCUT2D eigenvalue weighted by Gasteiger charge is 2.54. The highest BCUT2D eigenvalue weighted by Crippen LogP contribution is 2.49. The molecule has 0 amide bonds. The summed E-state index contributed by atoms with van der Waals surface area (Å²) in [7, 11) is 0. The summed E-state index contributed by atoms with van der Waals surface area (Å²) >= 11 is 0. The first-order valence-corrected chi connectivity index (χ1v) is 13.3. The minimum atomic E-state index is -1.77. The maximum atomic E-state index is 13.2. The van der Waals surface area contributed by atoms with Crippen LogP contribution in [-0.4, -0.2) is 98.6 Å². The van der Waals surface area contributed by atoms with Crippen LogP contribution in [0.3, 0.4) is 0 Å². The molecule has 2 saturated carbocycles. The van der Waals surface area contributed by atoms with Gasteiger partial charge in [0.1, 0.15) is 24.4 Å². The molecule has 39 heavy (non-hydrogen) atoms. The summed E-state index contributed by atoms with van der Waals surface area (Å²) < 4.78 is 27.0. The average molecular weight is 557 g/mol. The predicted molar refractivity (Wildman–Crippen MR) is 126 cm³/mol. The van der Waals surface area contributed by atoms with E-state index >= 15 is 0 Å². The second kappa shape index (κ2) is 11.0. The monoisotopic (exact) mass is 556 g/mol. The first-order valence-electron chi connectivity index (χ1n) is 13.3. The van der Waals surface area contributed by atoms with Gasteiger partial charge in [-0.25, -0.2) is 9.59 Å². The van der Waals surface area contributed by atoms with Gasteiger partial charge in [-0.3, -0.25) is 0 Å². The van der Waals surface area contributed by atoms with Crippen LogP contribution >= 0.6 is 0 Å². The average Bonchev–Trinajstić information content (AvgIpc) is 3.45. The summed E-state index contributed by atoms with van der Waals surface area (Å²) in [5.41, 5.74) is 0.374. The summed E-state index contributed by atoms with van der Waals surface area (Å²) in [6.07, 6.45) is -6.93. The number of hydrogen-bond donors (Lipinski definition) is 6. The van der Waals surface area contributed by atoms with Crippen LogP contribution in [0.25, 0.3) is 0 Å². The number of esters is 2. The van der Waals surface area contributed by atoms with Gasteiger partial charge < -0.3 is 54.3 Å². The summed E-state index contributed by atoms with van der Waals surface area (Å²) in [5.74, 6) is -3.39. The molecule has 5 aliphatic rings. The lowest BCUT2D eigenvalue weighted by atomic mass is 9.83. The van der Waals surface area contributed by atoms with Crippen molar-refractivity contribution in [3.63, 3.8) is 0 Å². The molecule has 3 fully saturated rings. The molecular formula is C26H36O13. The van der Waals surface area contributed by atoms with Crippen molar-refractivity contribution in [2.75, 3.05) is 6.61 Å². The van der Waals surface area contributed by atoms with Crippen LogP contribution in [0.2, 0.25) is 0 Å². The molecule has 0 aromatic carbocycles. The van der Waals surface area contributed by atoms with E-state index in [9.17, 15) is 40.2 Å². The SMILES string of the molecule is C[C@@H]1[C@H]2[C@H](O)OC=C(C(=O)O[C@H]3[C@H](O)[C@@H](O)[C@H](O)O[C@@H]3CO)[C@H]2C[C@@H]1OC(=O)C1=CO[C@@H](O)[C@H]2[C@@H]1CC[C@@H]2C. The molecule has 6 N–H and O–H groups in total. The lowest BCUT2D eigenvalue weighted by Crippen LogP contribution is -2.60. The first kappa shape index (κ1) is 28.3. The van der Waals surface area contributed by atoms with E-state index in [1.165, 1.54) is 6.26 Å². The molecule has 14 atom stereocenters. The molecule has 3 aliphatic heterocycles. The molecule has 13 nitrogen and oxygen atoms in total. The Morgan fingerprint density at radius 1 is 0.846 bits per heavy atom. The fourth-order valence-electron chi connectivity index (χ4n) is 6.90. The standard InChI is InChI=1S/C26H36O13/c1-9-3-4-11-13(7-35-24(32)17(9)11)22(30)37-15-5-12-14(8-36-25(33)18(12)10(15)2)23(31)39-21-16(6-27)38-26(34)20(29)19(21)28/h7-12,15-21,24-29,32-34H,3-6H2,1-2H3/t9-,10-,11+,12+,15-,16+,17+,18+,19+,20+,21+,24+,25+,26+/m0/s1. The zero-order valence-corrected chi connectivity index (χ0v) is 21.6.